The number of benzene rings is 1. The van der Waals surface area contributed by atoms with Gasteiger partial charge in [-0.05, 0) is 68.5 Å². The van der Waals surface area contributed by atoms with Gasteiger partial charge in [-0.15, -0.1) is 0 Å². The maximum absolute atomic E-state index is 13.4. The average molecular weight is 510 g/mol. The Morgan fingerprint density at radius 1 is 1.08 bits per heavy atom. The molecule has 0 amide bonds. The highest BCUT2D eigenvalue weighted by Gasteiger charge is 2.48. The van der Waals surface area contributed by atoms with Crippen LogP contribution in [0, 0.1) is 0 Å². The number of aromatic nitrogens is 5. The van der Waals surface area contributed by atoms with Crippen LogP contribution in [0.5, 0.6) is 5.88 Å². The lowest BCUT2D eigenvalue weighted by molar-refractivity contribution is 0.271. The van der Waals surface area contributed by atoms with Gasteiger partial charge in [0.1, 0.15) is 5.39 Å². The topological polar surface area (TPSA) is 90.1 Å². The van der Waals surface area contributed by atoms with Crippen LogP contribution in [0.15, 0.2) is 59.5 Å². The average Bonchev–Trinajstić information content (AvgIpc) is 3.61. The highest BCUT2D eigenvalue weighted by atomic mass is 16.5. The summed E-state index contributed by atoms with van der Waals surface area (Å²) in [7, 11) is 2.19. The molecule has 38 heavy (non-hydrogen) atoms. The molecule has 0 atom stereocenters. The quantitative estimate of drug-likeness (QED) is 0.403. The first-order valence-electron chi connectivity index (χ1n) is 13.4. The fourth-order valence-corrected chi connectivity index (χ4v) is 5.90. The molecule has 5 heterocycles. The standard InChI is InChI=1S/C29H31N7O2/c1-34-18-20-16-21(10-11-23(20)29(19-34)12-13-29)31-28-30-17-22-26(33-28)36-24-8-7-9-25(32-24)38-15-6-4-2-3-5-14-35(36)27(22)37/h3,5,7-11,16-17H,2,4,6,12-15,18-19H2,1H3,(H,30,31,33)/b5-3-. The van der Waals surface area contributed by atoms with E-state index < -0.39 is 0 Å². The second kappa shape index (κ2) is 9.09. The molecule has 1 saturated carbocycles. The zero-order valence-corrected chi connectivity index (χ0v) is 21.6. The van der Waals surface area contributed by atoms with Crippen molar-refractivity contribution < 1.29 is 4.74 Å². The normalized spacial score (nSPS) is 19.4. The van der Waals surface area contributed by atoms with Crippen molar-refractivity contribution in [2.75, 3.05) is 25.5 Å². The summed E-state index contributed by atoms with van der Waals surface area (Å²) in [5.41, 5.74) is 4.48. The van der Waals surface area contributed by atoms with Crippen LogP contribution in [0.25, 0.3) is 16.9 Å². The third-order valence-corrected chi connectivity index (χ3v) is 7.86. The van der Waals surface area contributed by atoms with Crippen molar-refractivity contribution >= 4 is 22.7 Å². The van der Waals surface area contributed by atoms with Crippen LogP contribution in [0.1, 0.15) is 43.2 Å². The zero-order chi connectivity index (χ0) is 25.7. The summed E-state index contributed by atoms with van der Waals surface area (Å²) in [5.74, 6) is 1.56. The first-order chi connectivity index (χ1) is 18.6. The van der Waals surface area contributed by atoms with Gasteiger partial charge < -0.3 is 15.0 Å². The number of ether oxygens (including phenoxy) is 1. The van der Waals surface area contributed by atoms with E-state index in [4.69, 9.17) is 14.7 Å². The molecule has 1 fully saturated rings. The van der Waals surface area contributed by atoms with Crippen molar-refractivity contribution in [3.8, 4) is 11.7 Å². The van der Waals surface area contributed by atoms with Crippen LogP contribution in [0.3, 0.4) is 0 Å². The van der Waals surface area contributed by atoms with Crippen LogP contribution >= 0.6 is 0 Å². The molecule has 1 aromatic carbocycles. The number of rotatable bonds is 2. The molecule has 0 radical (unpaired) electrons. The van der Waals surface area contributed by atoms with E-state index >= 15 is 0 Å². The number of nitrogens with one attached hydrogen (secondary N) is 1. The van der Waals surface area contributed by atoms with Crippen molar-refractivity contribution in [2.45, 2.75) is 50.6 Å². The lowest BCUT2D eigenvalue weighted by atomic mass is 9.87. The predicted molar refractivity (Wildman–Crippen MR) is 146 cm³/mol. The number of allylic oxidation sites excluding steroid dienone is 2. The third-order valence-electron chi connectivity index (χ3n) is 7.86. The van der Waals surface area contributed by atoms with E-state index in [0.29, 0.717) is 47.2 Å². The van der Waals surface area contributed by atoms with Gasteiger partial charge in [0.05, 0.1) is 13.2 Å². The molecule has 2 bridgehead atoms. The lowest BCUT2D eigenvalue weighted by Crippen LogP contribution is -2.35. The third kappa shape index (κ3) is 4.07. The Morgan fingerprint density at radius 2 is 2.00 bits per heavy atom. The van der Waals surface area contributed by atoms with Gasteiger partial charge in [0.25, 0.3) is 5.56 Å². The molecule has 1 N–H and O–H groups in total. The molecule has 3 aromatic heterocycles. The molecule has 1 spiro atoms. The summed E-state index contributed by atoms with van der Waals surface area (Å²) in [6.07, 6.45) is 11.2. The summed E-state index contributed by atoms with van der Waals surface area (Å²) in [6, 6.07) is 12.2. The molecule has 1 aliphatic carbocycles. The molecule has 3 aliphatic rings. The van der Waals surface area contributed by atoms with E-state index in [2.05, 4.69) is 46.5 Å². The van der Waals surface area contributed by atoms with Gasteiger partial charge in [-0.25, -0.2) is 14.3 Å². The first kappa shape index (κ1) is 23.2. The SMILES string of the molecule is CN1Cc2cc(Nc3ncc4c(=O)n5n(c4n3)-c3cccc(n3)OCCCC/C=C\C5)ccc2C2(CC2)C1. The van der Waals surface area contributed by atoms with Gasteiger partial charge in [-0.2, -0.15) is 9.97 Å². The van der Waals surface area contributed by atoms with E-state index in [9.17, 15) is 4.79 Å². The maximum atomic E-state index is 13.4. The molecule has 2 aliphatic heterocycles. The van der Waals surface area contributed by atoms with Crippen LogP contribution in [0.4, 0.5) is 11.6 Å². The number of fused-ring (bicyclic) bond motifs is 8. The number of likely N-dealkylation sites (N-methyl/N-ethyl adjacent to an activating group) is 1. The smallest absolute Gasteiger partial charge is 0.278 e. The Balaban J connectivity index is 1.30. The van der Waals surface area contributed by atoms with Gasteiger partial charge in [-0.1, -0.05) is 24.3 Å². The summed E-state index contributed by atoms with van der Waals surface area (Å²) < 4.78 is 9.32. The van der Waals surface area contributed by atoms with E-state index in [0.717, 1.165) is 38.0 Å². The molecule has 194 valence electrons. The lowest BCUT2D eigenvalue weighted by Gasteiger charge is -2.32. The Labute approximate surface area is 220 Å². The van der Waals surface area contributed by atoms with Gasteiger partial charge in [0.2, 0.25) is 11.8 Å². The molecule has 0 saturated heterocycles. The zero-order valence-electron chi connectivity index (χ0n) is 21.6. The van der Waals surface area contributed by atoms with Crippen molar-refractivity contribution in [3.63, 3.8) is 0 Å². The Bertz CT molecular complexity index is 1620. The van der Waals surface area contributed by atoms with Crippen LogP contribution < -0.4 is 15.6 Å². The highest BCUT2D eigenvalue weighted by Crippen LogP contribution is 2.52. The minimum absolute atomic E-state index is 0.147. The number of hydrogen-bond donors (Lipinski definition) is 1. The maximum Gasteiger partial charge on any atom is 0.278 e. The number of pyridine rings is 1. The van der Waals surface area contributed by atoms with Crippen molar-refractivity contribution in [2.24, 2.45) is 0 Å². The van der Waals surface area contributed by atoms with Crippen molar-refractivity contribution in [3.05, 3.63) is 76.2 Å². The minimum atomic E-state index is -0.147. The predicted octanol–water partition coefficient (Wildman–Crippen LogP) is 4.32. The van der Waals surface area contributed by atoms with E-state index in [-0.39, 0.29) is 5.56 Å². The second-order valence-corrected chi connectivity index (χ2v) is 10.7. The number of nitrogens with zero attached hydrogens (tertiary/aromatic N) is 6. The number of hydrogen-bond acceptors (Lipinski definition) is 7. The number of anilines is 2. The van der Waals surface area contributed by atoms with Crippen LogP contribution in [-0.2, 0) is 18.5 Å². The Kier molecular flexibility index (Phi) is 5.54. The first-order valence-corrected chi connectivity index (χ1v) is 13.4. The van der Waals surface area contributed by atoms with Crippen LogP contribution in [0.2, 0.25) is 0 Å². The molecule has 0 unspecified atom stereocenters. The van der Waals surface area contributed by atoms with Crippen molar-refractivity contribution in [1.29, 1.82) is 0 Å². The molecule has 9 heteroatoms. The Hall–Kier alpha value is -3.98. The summed E-state index contributed by atoms with van der Waals surface area (Å²) in [4.78, 5) is 29.9. The molecule has 7 rings (SSSR count). The highest BCUT2D eigenvalue weighted by molar-refractivity contribution is 5.77. The van der Waals surface area contributed by atoms with E-state index in [1.165, 1.54) is 24.0 Å². The summed E-state index contributed by atoms with van der Waals surface area (Å²) in [6.45, 7) is 3.10. The van der Waals surface area contributed by atoms with E-state index in [1.54, 1.807) is 15.6 Å². The van der Waals surface area contributed by atoms with Crippen LogP contribution in [-0.4, -0.2) is 49.4 Å². The summed E-state index contributed by atoms with van der Waals surface area (Å²) >= 11 is 0. The minimum Gasteiger partial charge on any atom is -0.478 e. The monoisotopic (exact) mass is 509 g/mol. The molecular formula is C29H31N7O2. The molecule has 4 aromatic rings. The summed E-state index contributed by atoms with van der Waals surface area (Å²) in [5, 5.41) is 3.83. The van der Waals surface area contributed by atoms with Gasteiger partial charge >= 0.3 is 0 Å². The van der Waals surface area contributed by atoms with Crippen molar-refractivity contribution in [1.82, 2.24) is 29.2 Å². The fourth-order valence-electron chi connectivity index (χ4n) is 5.90. The Morgan fingerprint density at radius 3 is 2.89 bits per heavy atom. The second-order valence-electron chi connectivity index (χ2n) is 10.7. The largest absolute Gasteiger partial charge is 0.478 e. The fraction of sp³-hybridized carbons (Fsp3) is 0.379. The van der Waals surface area contributed by atoms with E-state index in [1.807, 2.05) is 24.3 Å². The molecular weight excluding hydrogens is 478 g/mol. The van der Waals surface area contributed by atoms with Gasteiger partial charge in [0, 0.05) is 36.5 Å². The van der Waals surface area contributed by atoms with Gasteiger partial charge in [0.15, 0.2) is 11.5 Å². The van der Waals surface area contributed by atoms with Gasteiger partial charge in [-0.3, -0.25) is 4.79 Å². The molecule has 9 nitrogen and oxygen atoms in total.